The largest absolute Gasteiger partial charge is 0.464 e. The average molecular weight is 280 g/mol. The molecule has 0 spiro atoms. The molecule has 0 rings (SSSR count). The Morgan fingerprint density at radius 3 is 1.44 bits per heavy atom. The Morgan fingerprint density at radius 1 is 0.889 bits per heavy atom. The lowest BCUT2D eigenvalue weighted by Gasteiger charge is -2.32. The minimum absolute atomic E-state index is 0.224. The van der Waals surface area contributed by atoms with Gasteiger partial charge >= 0.3 is 18.3 Å². The smallest absolute Gasteiger partial charge is 0.413 e. The third-order valence-corrected chi connectivity index (χ3v) is 2.18. The zero-order valence-corrected chi connectivity index (χ0v) is 10.3. The number of alkyl halides is 6. The van der Waals surface area contributed by atoms with E-state index in [1.807, 2.05) is 0 Å². The maximum atomic E-state index is 12.4. The van der Waals surface area contributed by atoms with E-state index in [4.69, 9.17) is 0 Å². The normalized spacial score (nSPS) is 14.6. The fourth-order valence-corrected chi connectivity index (χ4v) is 0.819. The van der Waals surface area contributed by atoms with Crippen molar-refractivity contribution >= 4 is 5.97 Å². The SMILES string of the molecule is CC(C)(C)COC(=O)C(C)(C(F)(F)F)C(F)(F)F. The van der Waals surface area contributed by atoms with Crippen molar-refractivity contribution in [3.8, 4) is 0 Å². The minimum Gasteiger partial charge on any atom is -0.464 e. The molecule has 0 aliphatic heterocycles. The molecular formula is C10H14F6O2. The lowest BCUT2D eigenvalue weighted by Crippen LogP contribution is -2.54. The van der Waals surface area contributed by atoms with Crippen LogP contribution in [0.2, 0.25) is 0 Å². The summed E-state index contributed by atoms with van der Waals surface area (Å²) in [5.74, 6) is -2.34. The van der Waals surface area contributed by atoms with E-state index in [0.29, 0.717) is 0 Å². The Bertz CT molecular complexity index is 296. The predicted octanol–water partition coefficient (Wildman–Crippen LogP) is 3.71. The number of carbonyl (C=O) groups is 1. The summed E-state index contributed by atoms with van der Waals surface area (Å²) in [6.45, 7) is 3.78. The molecule has 2 nitrogen and oxygen atoms in total. The van der Waals surface area contributed by atoms with Crippen LogP contribution >= 0.6 is 0 Å². The van der Waals surface area contributed by atoms with Gasteiger partial charge in [0.1, 0.15) is 0 Å². The molecule has 0 unspecified atom stereocenters. The molecule has 0 aromatic heterocycles. The Hall–Kier alpha value is -0.950. The van der Waals surface area contributed by atoms with Gasteiger partial charge in [-0.3, -0.25) is 4.79 Å². The molecule has 18 heavy (non-hydrogen) atoms. The van der Waals surface area contributed by atoms with Gasteiger partial charge in [-0.05, 0) is 12.3 Å². The molecule has 0 bridgehead atoms. The van der Waals surface area contributed by atoms with Gasteiger partial charge in [0.25, 0.3) is 5.41 Å². The molecule has 0 saturated carbocycles. The van der Waals surface area contributed by atoms with Gasteiger partial charge in [-0.15, -0.1) is 0 Å². The van der Waals surface area contributed by atoms with Crippen molar-refractivity contribution in [2.45, 2.75) is 40.0 Å². The molecular weight excluding hydrogens is 266 g/mol. The highest BCUT2D eigenvalue weighted by Gasteiger charge is 2.73. The van der Waals surface area contributed by atoms with Crippen molar-refractivity contribution in [1.29, 1.82) is 0 Å². The molecule has 0 fully saturated rings. The monoisotopic (exact) mass is 280 g/mol. The van der Waals surface area contributed by atoms with E-state index < -0.39 is 35.8 Å². The fraction of sp³-hybridized carbons (Fsp3) is 0.900. The number of ether oxygens (including phenoxy) is 1. The maximum Gasteiger partial charge on any atom is 0.413 e. The van der Waals surface area contributed by atoms with Gasteiger partial charge in [-0.25, -0.2) is 0 Å². The molecule has 108 valence electrons. The van der Waals surface area contributed by atoms with Crippen LogP contribution in [0.1, 0.15) is 27.7 Å². The minimum atomic E-state index is -5.76. The molecule has 0 saturated heterocycles. The molecule has 0 heterocycles. The van der Waals surface area contributed by atoms with Crippen LogP contribution < -0.4 is 0 Å². The van der Waals surface area contributed by atoms with E-state index in [0.717, 1.165) is 0 Å². The Morgan fingerprint density at radius 2 is 1.22 bits per heavy atom. The van der Waals surface area contributed by atoms with E-state index in [2.05, 4.69) is 4.74 Å². The fourth-order valence-electron chi connectivity index (χ4n) is 0.819. The van der Waals surface area contributed by atoms with Gasteiger partial charge in [0.05, 0.1) is 6.61 Å². The van der Waals surface area contributed by atoms with Crippen LogP contribution in [0.3, 0.4) is 0 Å². The second-order valence-corrected chi connectivity index (χ2v) is 5.26. The zero-order chi connectivity index (χ0) is 15.0. The van der Waals surface area contributed by atoms with E-state index in [1.165, 1.54) is 20.8 Å². The molecule has 0 atom stereocenters. The van der Waals surface area contributed by atoms with Gasteiger partial charge < -0.3 is 4.74 Å². The number of carbonyl (C=O) groups excluding carboxylic acids is 1. The standard InChI is InChI=1S/C10H14F6O2/c1-7(2,3)5-18-6(17)8(4,9(11,12)13)10(14,15)16/h5H2,1-4H3. The third-order valence-electron chi connectivity index (χ3n) is 2.18. The van der Waals surface area contributed by atoms with Crippen LogP contribution in [-0.4, -0.2) is 24.9 Å². The van der Waals surface area contributed by atoms with Crippen molar-refractivity contribution < 1.29 is 35.9 Å². The number of hydrogen-bond donors (Lipinski definition) is 0. The van der Waals surface area contributed by atoms with Crippen LogP contribution in [0, 0.1) is 10.8 Å². The first-order valence-electron chi connectivity index (χ1n) is 4.93. The summed E-state index contributed by atoms with van der Waals surface area (Å²) in [7, 11) is 0. The van der Waals surface area contributed by atoms with Crippen LogP contribution in [-0.2, 0) is 9.53 Å². The van der Waals surface area contributed by atoms with Gasteiger partial charge in [0.2, 0.25) is 0 Å². The van der Waals surface area contributed by atoms with E-state index in [-0.39, 0.29) is 6.92 Å². The second-order valence-electron chi connectivity index (χ2n) is 5.26. The first-order valence-corrected chi connectivity index (χ1v) is 4.93. The highest BCUT2D eigenvalue weighted by molar-refractivity contribution is 5.78. The number of rotatable bonds is 2. The third kappa shape index (κ3) is 3.52. The zero-order valence-electron chi connectivity index (χ0n) is 10.3. The molecule has 8 heteroatoms. The van der Waals surface area contributed by atoms with Crippen LogP contribution in [0.5, 0.6) is 0 Å². The Balaban J connectivity index is 5.21. The molecule has 0 N–H and O–H groups in total. The topological polar surface area (TPSA) is 26.3 Å². The second kappa shape index (κ2) is 4.62. The molecule has 0 aliphatic rings. The van der Waals surface area contributed by atoms with Crippen molar-refractivity contribution in [2.24, 2.45) is 10.8 Å². The molecule has 0 aromatic carbocycles. The van der Waals surface area contributed by atoms with Crippen molar-refractivity contribution in [3.05, 3.63) is 0 Å². The summed E-state index contributed by atoms with van der Waals surface area (Å²) in [6, 6.07) is 0. The predicted molar refractivity (Wildman–Crippen MR) is 50.6 cm³/mol. The number of esters is 1. The average Bonchev–Trinajstić information content (AvgIpc) is 2.07. The summed E-state index contributed by atoms with van der Waals surface area (Å²) in [5, 5.41) is 0. The Labute approximate surface area is 100 Å². The van der Waals surface area contributed by atoms with Crippen LogP contribution in [0.4, 0.5) is 26.3 Å². The molecule has 0 aromatic rings. The van der Waals surface area contributed by atoms with Gasteiger partial charge in [-0.2, -0.15) is 26.3 Å². The van der Waals surface area contributed by atoms with Crippen molar-refractivity contribution in [3.63, 3.8) is 0 Å². The van der Waals surface area contributed by atoms with Crippen molar-refractivity contribution in [1.82, 2.24) is 0 Å². The highest BCUT2D eigenvalue weighted by atomic mass is 19.4. The lowest BCUT2D eigenvalue weighted by molar-refractivity contribution is -0.326. The molecule has 0 radical (unpaired) electrons. The summed E-state index contributed by atoms with van der Waals surface area (Å²) < 4.78 is 78.8. The van der Waals surface area contributed by atoms with Crippen LogP contribution in [0.15, 0.2) is 0 Å². The molecule has 0 amide bonds. The highest BCUT2D eigenvalue weighted by Crippen LogP contribution is 2.50. The number of hydrogen-bond acceptors (Lipinski definition) is 2. The summed E-state index contributed by atoms with van der Waals surface area (Å²) in [5.41, 5.74) is -5.24. The maximum absolute atomic E-state index is 12.4. The lowest BCUT2D eigenvalue weighted by atomic mass is 9.89. The summed E-state index contributed by atoms with van der Waals surface area (Å²) >= 11 is 0. The van der Waals surface area contributed by atoms with Gasteiger partial charge in [0, 0.05) is 0 Å². The Kier molecular flexibility index (Phi) is 4.38. The summed E-state index contributed by atoms with van der Waals surface area (Å²) in [4.78, 5) is 11.1. The van der Waals surface area contributed by atoms with E-state index in [9.17, 15) is 31.1 Å². The van der Waals surface area contributed by atoms with E-state index in [1.54, 1.807) is 0 Å². The first-order chi connectivity index (χ1) is 7.63. The summed E-state index contributed by atoms with van der Waals surface area (Å²) in [6.07, 6.45) is -11.5. The molecule has 0 aliphatic carbocycles. The first kappa shape index (κ1) is 17.1. The van der Waals surface area contributed by atoms with E-state index >= 15 is 0 Å². The quantitative estimate of drug-likeness (QED) is 0.569. The van der Waals surface area contributed by atoms with Crippen LogP contribution in [0.25, 0.3) is 0 Å². The number of halogens is 6. The van der Waals surface area contributed by atoms with Crippen molar-refractivity contribution in [2.75, 3.05) is 6.61 Å². The van der Waals surface area contributed by atoms with Gasteiger partial charge in [-0.1, -0.05) is 20.8 Å². The van der Waals surface area contributed by atoms with Gasteiger partial charge in [0.15, 0.2) is 0 Å².